The highest BCUT2D eigenvalue weighted by Gasteiger charge is 2.28. The van der Waals surface area contributed by atoms with Gasteiger partial charge in [-0.2, -0.15) is 4.72 Å². The molecule has 1 atom stereocenters. The summed E-state index contributed by atoms with van der Waals surface area (Å²) in [6.07, 6.45) is 0. The molecule has 3 aromatic carbocycles. The highest BCUT2D eigenvalue weighted by molar-refractivity contribution is 7.99. The molecule has 148 valence electrons. The molecular weight excluding hydrogens is 412 g/mol. The zero-order chi connectivity index (χ0) is 20.4. The van der Waals surface area contributed by atoms with Crippen molar-refractivity contribution in [1.29, 1.82) is 0 Å². The van der Waals surface area contributed by atoms with E-state index in [1.807, 2.05) is 24.3 Å². The molecule has 0 fully saturated rings. The average Bonchev–Trinajstić information content (AvgIpc) is 2.75. The molecule has 9 heteroatoms. The molecular formula is C20H16N2O5S2. The quantitative estimate of drug-likeness (QED) is 0.332. The molecule has 0 aromatic heterocycles. The Morgan fingerprint density at radius 1 is 0.931 bits per heavy atom. The van der Waals surface area contributed by atoms with Gasteiger partial charge in [-0.1, -0.05) is 54.2 Å². The number of hydrogen-bond acceptors (Lipinski definition) is 6. The van der Waals surface area contributed by atoms with Crippen LogP contribution in [0.25, 0.3) is 0 Å². The molecule has 0 spiro atoms. The summed E-state index contributed by atoms with van der Waals surface area (Å²) in [7, 11) is -4.06. The maximum atomic E-state index is 12.9. The number of ether oxygens (including phenoxy) is 1. The van der Waals surface area contributed by atoms with Crippen LogP contribution in [0.5, 0.6) is 11.5 Å². The average molecular weight is 428 g/mol. The van der Waals surface area contributed by atoms with Gasteiger partial charge in [0.05, 0.1) is 14.7 Å². The maximum absolute atomic E-state index is 12.9. The van der Waals surface area contributed by atoms with Crippen molar-refractivity contribution in [1.82, 2.24) is 10.2 Å². The first-order chi connectivity index (χ1) is 14.0. The molecule has 1 unspecified atom stereocenters. The van der Waals surface area contributed by atoms with Gasteiger partial charge in [0.2, 0.25) is 10.0 Å². The molecule has 3 N–H and O–H groups in total. The fourth-order valence-corrected chi connectivity index (χ4v) is 5.16. The van der Waals surface area contributed by atoms with Crippen molar-refractivity contribution in [3.05, 3.63) is 78.4 Å². The molecule has 1 amide bonds. The van der Waals surface area contributed by atoms with Crippen molar-refractivity contribution in [3.8, 4) is 11.5 Å². The Balaban J connectivity index is 1.65. The van der Waals surface area contributed by atoms with E-state index >= 15 is 0 Å². The fourth-order valence-electron chi connectivity index (χ4n) is 2.88. The third-order valence-corrected chi connectivity index (χ3v) is 6.81. The summed E-state index contributed by atoms with van der Waals surface area (Å²) >= 11 is 1.40. The van der Waals surface area contributed by atoms with E-state index in [2.05, 4.69) is 4.72 Å². The highest BCUT2D eigenvalue weighted by Crippen LogP contribution is 2.47. The van der Waals surface area contributed by atoms with Gasteiger partial charge in [-0.3, -0.25) is 10.0 Å². The van der Waals surface area contributed by atoms with Crippen molar-refractivity contribution in [2.45, 2.75) is 20.7 Å². The number of para-hydroxylation sites is 1. The summed E-state index contributed by atoms with van der Waals surface area (Å²) in [5, 5.41) is 9.03. The summed E-state index contributed by atoms with van der Waals surface area (Å²) in [4.78, 5) is 13.6. The molecule has 29 heavy (non-hydrogen) atoms. The Hall–Kier alpha value is -2.85. The molecule has 3 aromatic rings. The van der Waals surface area contributed by atoms with Crippen LogP contribution in [0.3, 0.4) is 0 Å². The number of carbonyl (C=O) groups is 1. The predicted molar refractivity (Wildman–Crippen MR) is 107 cm³/mol. The van der Waals surface area contributed by atoms with Gasteiger partial charge >= 0.3 is 0 Å². The van der Waals surface area contributed by atoms with Crippen molar-refractivity contribution in [3.63, 3.8) is 0 Å². The van der Waals surface area contributed by atoms with E-state index in [9.17, 15) is 13.2 Å². The van der Waals surface area contributed by atoms with Crippen LogP contribution in [0, 0.1) is 0 Å². The van der Waals surface area contributed by atoms with Gasteiger partial charge in [-0.05, 0) is 35.9 Å². The van der Waals surface area contributed by atoms with Crippen molar-refractivity contribution in [2.24, 2.45) is 0 Å². The minimum absolute atomic E-state index is 0.0154. The smallest absolute Gasteiger partial charge is 0.266 e. The molecule has 0 radical (unpaired) electrons. The lowest BCUT2D eigenvalue weighted by atomic mass is 10.1. The van der Waals surface area contributed by atoms with Gasteiger partial charge in [-0.25, -0.2) is 13.9 Å². The zero-order valence-electron chi connectivity index (χ0n) is 14.9. The first kappa shape index (κ1) is 19.5. The molecule has 0 aliphatic carbocycles. The Bertz CT molecular complexity index is 1170. The van der Waals surface area contributed by atoms with Crippen LogP contribution in [0.4, 0.5) is 0 Å². The van der Waals surface area contributed by atoms with E-state index < -0.39 is 22.0 Å². The van der Waals surface area contributed by atoms with Crippen LogP contribution in [-0.4, -0.2) is 19.5 Å². The third-order valence-electron chi connectivity index (χ3n) is 4.29. The number of amides is 1. The van der Waals surface area contributed by atoms with Crippen LogP contribution >= 0.6 is 11.8 Å². The standard InChI is InChI=1S/C20H16N2O5S2/c23-20(21-24)19(13-6-2-1-3-7-13)22-29(25,26)14-10-11-16-18(12-14)28-17-9-5-4-8-15(17)27-16/h1-12,19,22,24H,(H,21,23). The first-order valence-electron chi connectivity index (χ1n) is 8.58. The summed E-state index contributed by atoms with van der Waals surface area (Å²) in [5.74, 6) is 0.382. The monoisotopic (exact) mass is 428 g/mol. The van der Waals surface area contributed by atoms with E-state index in [4.69, 9.17) is 9.94 Å². The van der Waals surface area contributed by atoms with Crippen LogP contribution in [0.2, 0.25) is 0 Å². The summed E-state index contributed by atoms with van der Waals surface area (Å²) in [6.45, 7) is 0. The van der Waals surface area contributed by atoms with Crippen molar-refractivity contribution in [2.75, 3.05) is 0 Å². The maximum Gasteiger partial charge on any atom is 0.266 e. The lowest BCUT2D eigenvalue weighted by Crippen LogP contribution is -2.39. The largest absolute Gasteiger partial charge is 0.455 e. The Labute approximate surface area is 171 Å². The van der Waals surface area contributed by atoms with Gasteiger partial charge in [0.15, 0.2) is 0 Å². The van der Waals surface area contributed by atoms with Gasteiger partial charge in [0.1, 0.15) is 17.5 Å². The van der Waals surface area contributed by atoms with Crippen LogP contribution in [0.15, 0.2) is 87.5 Å². The molecule has 1 aliphatic heterocycles. The summed E-state index contributed by atoms with van der Waals surface area (Å²) < 4.78 is 34.1. The number of rotatable bonds is 5. The lowest BCUT2D eigenvalue weighted by molar-refractivity contribution is -0.131. The van der Waals surface area contributed by atoms with Crippen LogP contribution in [-0.2, 0) is 14.8 Å². The van der Waals surface area contributed by atoms with Gasteiger partial charge in [-0.15, -0.1) is 0 Å². The number of nitrogens with one attached hydrogen (secondary N) is 2. The van der Waals surface area contributed by atoms with E-state index in [1.54, 1.807) is 36.4 Å². The van der Waals surface area contributed by atoms with Crippen molar-refractivity contribution >= 4 is 27.7 Å². The lowest BCUT2D eigenvalue weighted by Gasteiger charge is -2.21. The topological polar surface area (TPSA) is 105 Å². The number of sulfonamides is 1. The number of hydrogen-bond donors (Lipinski definition) is 3. The molecule has 0 saturated heterocycles. The third kappa shape index (κ3) is 3.99. The van der Waals surface area contributed by atoms with Gasteiger partial charge in [0, 0.05) is 0 Å². The molecule has 1 heterocycles. The Morgan fingerprint density at radius 3 is 2.38 bits per heavy atom. The molecule has 7 nitrogen and oxygen atoms in total. The highest BCUT2D eigenvalue weighted by atomic mass is 32.2. The first-order valence-corrected chi connectivity index (χ1v) is 10.9. The Kier molecular flexibility index (Phi) is 5.29. The van der Waals surface area contributed by atoms with Crippen LogP contribution < -0.4 is 14.9 Å². The minimum atomic E-state index is -4.06. The second kappa shape index (κ2) is 7.88. The molecule has 0 bridgehead atoms. The van der Waals surface area contributed by atoms with E-state index in [0.29, 0.717) is 22.0 Å². The second-order valence-corrected chi connectivity index (χ2v) is 9.00. The number of hydroxylamine groups is 1. The molecule has 4 rings (SSSR count). The normalized spacial score (nSPS) is 13.6. The van der Waals surface area contributed by atoms with E-state index in [0.717, 1.165) is 4.90 Å². The Morgan fingerprint density at radius 2 is 1.62 bits per heavy atom. The molecule has 1 aliphatic rings. The minimum Gasteiger partial charge on any atom is -0.455 e. The summed E-state index contributed by atoms with van der Waals surface area (Å²) in [6, 6.07) is 18.9. The zero-order valence-corrected chi connectivity index (χ0v) is 16.5. The van der Waals surface area contributed by atoms with Crippen molar-refractivity contribution < 1.29 is 23.2 Å². The number of benzene rings is 3. The summed E-state index contributed by atoms with van der Waals surface area (Å²) in [5.41, 5.74) is 1.90. The van der Waals surface area contributed by atoms with Gasteiger partial charge < -0.3 is 4.74 Å². The SMILES string of the molecule is O=C(NO)C(NS(=O)(=O)c1ccc2c(c1)Sc1ccccc1O2)c1ccccc1. The van der Waals surface area contributed by atoms with Gasteiger partial charge in [0.25, 0.3) is 5.91 Å². The van der Waals surface area contributed by atoms with E-state index in [1.165, 1.54) is 29.4 Å². The second-order valence-electron chi connectivity index (χ2n) is 6.20. The van der Waals surface area contributed by atoms with E-state index in [-0.39, 0.29) is 4.90 Å². The number of fused-ring (bicyclic) bond motifs is 2. The fraction of sp³-hybridized carbons (Fsp3) is 0.0500. The number of carbonyl (C=O) groups excluding carboxylic acids is 1. The van der Waals surface area contributed by atoms with Crippen LogP contribution in [0.1, 0.15) is 11.6 Å². The molecule has 0 saturated carbocycles. The predicted octanol–water partition coefficient (Wildman–Crippen LogP) is 3.47.